The number of fused-ring (bicyclic) bond motifs is 1. The fourth-order valence-electron chi connectivity index (χ4n) is 4.05. The van der Waals surface area contributed by atoms with Crippen molar-refractivity contribution in [2.75, 3.05) is 49.6 Å². The van der Waals surface area contributed by atoms with Crippen LogP contribution in [0.1, 0.15) is 35.7 Å². The third-order valence-electron chi connectivity index (χ3n) is 5.89. The molecule has 0 N–H and O–H groups in total. The van der Waals surface area contributed by atoms with Crippen LogP contribution in [0, 0.1) is 6.92 Å². The van der Waals surface area contributed by atoms with E-state index in [0.29, 0.717) is 23.5 Å². The molecule has 0 radical (unpaired) electrons. The number of hydrogen-bond acceptors (Lipinski definition) is 7. The summed E-state index contributed by atoms with van der Waals surface area (Å²) in [6, 6.07) is 7.34. The van der Waals surface area contributed by atoms with Crippen LogP contribution < -0.4 is 14.5 Å². The smallest absolute Gasteiger partial charge is 0.267 e. The van der Waals surface area contributed by atoms with Crippen LogP contribution in [0.25, 0.3) is 0 Å². The standard InChI is InChI=1S/C23H29N5O3/c1-5-21-24-15(2)12-22(25-21)28-10-8-27(9-11-28)14-19(29)17-6-7-20-18(13-17)26(4)23(30)16(3)31-20/h6-7,12-13,16H,5,8-11,14H2,1-4H3. The molecular weight excluding hydrogens is 394 g/mol. The maximum Gasteiger partial charge on any atom is 0.267 e. The number of piperazine rings is 1. The lowest BCUT2D eigenvalue weighted by molar-refractivity contribution is -0.125. The molecule has 1 aromatic heterocycles. The van der Waals surface area contributed by atoms with E-state index in [9.17, 15) is 9.59 Å². The summed E-state index contributed by atoms with van der Waals surface area (Å²) < 4.78 is 5.65. The minimum Gasteiger partial charge on any atom is -0.479 e. The molecule has 1 unspecified atom stereocenters. The average Bonchev–Trinajstić information content (AvgIpc) is 2.77. The van der Waals surface area contributed by atoms with E-state index in [0.717, 1.165) is 49.9 Å². The maximum atomic E-state index is 12.9. The first-order valence-electron chi connectivity index (χ1n) is 10.8. The molecule has 3 heterocycles. The highest BCUT2D eigenvalue weighted by Gasteiger charge is 2.30. The fourth-order valence-corrected chi connectivity index (χ4v) is 4.05. The molecule has 0 bridgehead atoms. The number of amides is 1. The molecule has 8 heteroatoms. The van der Waals surface area contributed by atoms with Crippen LogP contribution in [0.3, 0.4) is 0 Å². The van der Waals surface area contributed by atoms with Crippen LogP contribution in [0.2, 0.25) is 0 Å². The monoisotopic (exact) mass is 423 g/mol. The Balaban J connectivity index is 1.39. The van der Waals surface area contributed by atoms with Crippen molar-refractivity contribution in [2.24, 2.45) is 0 Å². The summed E-state index contributed by atoms with van der Waals surface area (Å²) in [7, 11) is 1.71. The number of rotatable bonds is 5. The van der Waals surface area contributed by atoms with Gasteiger partial charge in [0.1, 0.15) is 17.4 Å². The van der Waals surface area contributed by atoms with Gasteiger partial charge in [0, 0.05) is 57.0 Å². The topological polar surface area (TPSA) is 78.9 Å². The van der Waals surface area contributed by atoms with Crippen molar-refractivity contribution in [3.05, 3.63) is 41.3 Å². The molecule has 1 fully saturated rings. The van der Waals surface area contributed by atoms with Gasteiger partial charge in [0.2, 0.25) is 0 Å². The van der Waals surface area contributed by atoms with Crippen LogP contribution in [0.15, 0.2) is 24.3 Å². The summed E-state index contributed by atoms with van der Waals surface area (Å²) in [4.78, 5) is 40.2. The van der Waals surface area contributed by atoms with Crippen molar-refractivity contribution in [3.8, 4) is 5.75 Å². The van der Waals surface area contributed by atoms with Crippen LogP contribution in [-0.4, -0.2) is 72.4 Å². The van der Waals surface area contributed by atoms with Crippen molar-refractivity contribution in [3.63, 3.8) is 0 Å². The van der Waals surface area contributed by atoms with Crippen molar-refractivity contribution < 1.29 is 14.3 Å². The first-order valence-corrected chi connectivity index (χ1v) is 10.8. The number of anilines is 2. The zero-order valence-electron chi connectivity index (χ0n) is 18.6. The van der Waals surface area contributed by atoms with E-state index < -0.39 is 6.10 Å². The Bertz CT molecular complexity index is 1000. The first-order chi connectivity index (χ1) is 14.9. The van der Waals surface area contributed by atoms with Gasteiger partial charge < -0.3 is 14.5 Å². The molecule has 2 aromatic rings. The lowest BCUT2D eigenvalue weighted by Crippen LogP contribution is -2.48. The second kappa shape index (κ2) is 8.63. The van der Waals surface area contributed by atoms with Gasteiger partial charge in [-0.3, -0.25) is 14.5 Å². The summed E-state index contributed by atoms with van der Waals surface area (Å²) in [6.45, 7) is 9.36. The van der Waals surface area contributed by atoms with E-state index in [-0.39, 0.29) is 11.7 Å². The van der Waals surface area contributed by atoms with E-state index in [4.69, 9.17) is 4.74 Å². The second-order valence-electron chi connectivity index (χ2n) is 8.16. The number of hydrogen-bond donors (Lipinski definition) is 0. The highest BCUT2D eigenvalue weighted by atomic mass is 16.5. The minimum absolute atomic E-state index is 0.0434. The predicted molar refractivity (Wildman–Crippen MR) is 119 cm³/mol. The zero-order chi connectivity index (χ0) is 22.1. The number of nitrogens with zero attached hydrogens (tertiary/aromatic N) is 5. The van der Waals surface area contributed by atoms with Crippen molar-refractivity contribution in [1.82, 2.24) is 14.9 Å². The van der Waals surface area contributed by atoms with Gasteiger partial charge in [0.25, 0.3) is 5.91 Å². The molecular formula is C23H29N5O3. The average molecular weight is 424 g/mol. The quantitative estimate of drug-likeness (QED) is 0.682. The van der Waals surface area contributed by atoms with Crippen LogP contribution >= 0.6 is 0 Å². The second-order valence-corrected chi connectivity index (χ2v) is 8.16. The van der Waals surface area contributed by atoms with Crippen molar-refractivity contribution in [2.45, 2.75) is 33.3 Å². The molecule has 1 saturated heterocycles. The van der Waals surface area contributed by atoms with Gasteiger partial charge in [-0.15, -0.1) is 0 Å². The molecule has 8 nitrogen and oxygen atoms in total. The molecule has 0 spiro atoms. The Hall–Kier alpha value is -3.00. The number of Topliss-reactive ketones (excluding diaryl/α,β-unsaturated/α-hetero) is 1. The van der Waals surface area contributed by atoms with Gasteiger partial charge in [-0.1, -0.05) is 6.92 Å². The highest BCUT2D eigenvalue weighted by Crippen LogP contribution is 2.34. The Kier molecular flexibility index (Phi) is 5.91. The number of carbonyl (C=O) groups is 2. The van der Waals surface area contributed by atoms with Crippen LogP contribution in [-0.2, 0) is 11.2 Å². The maximum absolute atomic E-state index is 12.9. The SMILES string of the molecule is CCc1nc(C)cc(N2CCN(CC(=O)c3ccc4c(c3)N(C)C(=O)C(C)O4)CC2)n1. The molecule has 0 saturated carbocycles. The Morgan fingerprint density at radius 1 is 1.16 bits per heavy atom. The summed E-state index contributed by atoms with van der Waals surface area (Å²) >= 11 is 0. The zero-order valence-corrected chi connectivity index (χ0v) is 18.6. The lowest BCUT2D eigenvalue weighted by Gasteiger charge is -2.35. The number of ether oxygens (including phenoxy) is 1. The summed E-state index contributed by atoms with van der Waals surface area (Å²) in [5, 5.41) is 0. The van der Waals surface area contributed by atoms with Gasteiger partial charge in [-0.2, -0.15) is 0 Å². The van der Waals surface area contributed by atoms with Gasteiger partial charge >= 0.3 is 0 Å². The van der Waals surface area contributed by atoms with E-state index in [1.54, 1.807) is 37.1 Å². The van der Waals surface area contributed by atoms with E-state index in [1.165, 1.54) is 0 Å². The molecule has 1 amide bonds. The summed E-state index contributed by atoms with van der Waals surface area (Å²) in [5.74, 6) is 2.39. The number of aryl methyl sites for hydroxylation is 2. The molecule has 2 aliphatic heterocycles. The number of likely N-dealkylation sites (N-methyl/N-ethyl adjacent to an activating group) is 1. The summed E-state index contributed by atoms with van der Waals surface area (Å²) in [6.07, 6.45) is 0.303. The summed E-state index contributed by atoms with van der Waals surface area (Å²) in [5.41, 5.74) is 2.22. The largest absolute Gasteiger partial charge is 0.479 e. The van der Waals surface area contributed by atoms with Gasteiger partial charge in [-0.05, 0) is 32.0 Å². The molecule has 1 aromatic carbocycles. The lowest BCUT2D eigenvalue weighted by atomic mass is 10.1. The number of benzene rings is 1. The normalized spacial score (nSPS) is 19.2. The Morgan fingerprint density at radius 3 is 2.61 bits per heavy atom. The predicted octanol–water partition coefficient (Wildman–Crippen LogP) is 2.10. The van der Waals surface area contributed by atoms with Gasteiger partial charge in [0.15, 0.2) is 11.9 Å². The molecule has 1 atom stereocenters. The highest BCUT2D eigenvalue weighted by molar-refractivity contribution is 6.03. The Labute approximate surface area is 182 Å². The van der Waals surface area contributed by atoms with E-state index in [1.807, 2.05) is 13.0 Å². The van der Waals surface area contributed by atoms with Crippen molar-refractivity contribution >= 4 is 23.2 Å². The molecule has 0 aliphatic carbocycles. The van der Waals surface area contributed by atoms with Crippen molar-refractivity contribution in [1.29, 1.82) is 0 Å². The third-order valence-corrected chi connectivity index (χ3v) is 5.89. The van der Waals surface area contributed by atoms with Gasteiger partial charge in [0.05, 0.1) is 12.2 Å². The molecule has 4 rings (SSSR count). The minimum atomic E-state index is -0.512. The number of carbonyl (C=O) groups excluding carboxylic acids is 2. The number of aromatic nitrogens is 2. The molecule has 31 heavy (non-hydrogen) atoms. The fraction of sp³-hybridized carbons (Fsp3) is 0.478. The van der Waals surface area contributed by atoms with Crippen LogP contribution in [0.4, 0.5) is 11.5 Å². The van der Waals surface area contributed by atoms with Crippen LogP contribution in [0.5, 0.6) is 5.75 Å². The first kappa shape index (κ1) is 21.2. The number of ketones is 1. The van der Waals surface area contributed by atoms with E-state index in [2.05, 4.69) is 26.7 Å². The molecule has 164 valence electrons. The Morgan fingerprint density at radius 2 is 1.90 bits per heavy atom. The molecule has 2 aliphatic rings. The third kappa shape index (κ3) is 4.39. The van der Waals surface area contributed by atoms with Gasteiger partial charge in [-0.25, -0.2) is 9.97 Å². The van der Waals surface area contributed by atoms with E-state index >= 15 is 0 Å².